The lowest BCUT2D eigenvalue weighted by Gasteiger charge is -2.09. The lowest BCUT2D eigenvalue weighted by Crippen LogP contribution is -2.44. The summed E-state index contributed by atoms with van der Waals surface area (Å²) in [5, 5.41) is 12.7. The Hall–Kier alpha value is -0.970. The number of guanidine groups is 2. The third-order valence-corrected chi connectivity index (χ3v) is 1.55. The van der Waals surface area contributed by atoms with Gasteiger partial charge >= 0.3 is 0 Å². The fourth-order valence-corrected chi connectivity index (χ4v) is 0.889. The summed E-state index contributed by atoms with van der Waals surface area (Å²) in [6.45, 7) is 3.02. The van der Waals surface area contributed by atoms with E-state index in [2.05, 4.69) is 22.5 Å². The monoisotopic (exact) mass is 221 g/mol. The molecular formula is C8H20ClN5. The van der Waals surface area contributed by atoms with Gasteiger partial charge in [0.2, 0.25) is 0 Å². The second kappa shape index (κ2) is 10.1. The van der Waals surface area contributed by atoms with Gasteiger partial charge in [-0.25, -0.2) is 0 Å². The fraction of sp³-hybridized carbons (Fsp3) is 0.750. The lowest BCUT2D eigenvalue weighted by atomic mass is 10.2. The highest BCUT2D eigenvalue weighted by Crippen LogP contribution is 1.90. The zero-order chi connectivity index (χ0) is 10.1. The molecule has 0 rings (SSSR count). The molecule has 0 unspecified atom stereocenters. The Balaban J connectivity index is 0. The molecule has 0 saturated heterocycles. The van der Waals surface area contributed by atoms with Crippen LogP contribution in [-0.4, -0.2) is 25.5 Å². The Bertz CT molecular complexity index is 181. The van der Waals surface area contributed by atoms with Crippen LogP contribution < -0.4 is 16.4 Å². The summed E-state index contributed by atoms with van der Waals surface area (Å²) in [4.78, 5) is 3.90. The van der Waals surface area contributed by atoms with Crippen molar-refractivity contribution in [3.8, 4) is 0 Å². The minimum Gasteiger partial charge on any atom is -0.370 e. The van der Waals surface area contributed by atoms with Crippen molar-refractivity contribution in [2.24, 2.45) is 10.7 Å². The second-order valence-corrected chi connectivity index (χ2v) is 2.74. The number of hydrogen-bond donors (Lipinski definition) is 4. The first-order valence-electron chi connectivity index (χ1n) is 4.52. The molecule has 0 bridgehead atoms. The van der Waals surface area contributed by atoms with E-state index in [1.54, 1.807) is 7.05 Å². The molecule has 0 atom stereocenters. The smallest absolute Gasteiger partial charge is 0.197 e. The van der Waals surface area contributed by atoms with Gasteiger partial charge < -0.3 is 11.1 Å². The van der Waals surface area contributed by atoms with Gasteiger partial charge in [0.15, 0.2) is 11.9 Å². The first-order chi connectivity index (χ1) is 6.20. The predicted molar refractivity (Wildman–Crippen MR) is 63.2 cm³/mol. The molecule has 5 nitrogen and oxygen atoms in total. The van der Waals surface area contributed by atoms with Crippen molar-refractivity contribution < 1.29 is 0 Å². The summed E-state index contributed by atoms with van der Waals surface area (Å²) in [5.41, 5.74) is 5.15. The van der Waals surface area contributed by atoms with Gasteiger partial charge in [0.25, 0.3) is 0 Å². The molecule has 0 radical (unpaired) electrons. The van der Waals surface area contributed by atoms with Crippen molar-refractivity contribution in [3.05, 3.63) is 0 Å². The van der Waals surface area contributed by atoms with E-state index in [0.717, 1.165) is 13.0 Å². The maximum absolute atomic E-state index is 6.99. The summed E-state index contributed by atoms with van der Waals surface area (Å²) in [6.07, 6.45) is 3.50. The number of halogens is 1. The Kier molecular flexibility index (Phi) is 11.2. The topological polar surface area (TPSA) is 86.3 Å². The first-order valence-corrected chi connectivity index (χ1v) is 4.52. The Morgan fingerprint density at radius 3 is 2.50 bits per heavy atom. The molecule has 0 aliphatic rings. The molecule has 6 heteroatoms. The predicted octanol–water partition coefficient (Wildman–Crippen LogP) is 0.657. The number of unbranched alkanes of at least 4 members (excludes halogenated alkanes) is 2. The summed E-state index contributed by atoms with van der Waals surface area (Å²) < 4.78 is 0. The number of nitrogens with zero attached hydrogens (tertiary/aromatic N) is 1. The number of rotatable bonds is 4. The van der Waals surface area contributed by atoms with E-state index >= 15 is 0 Å². The average molecular weight is 222 g/mol. The number of nitrogens with one attached hydrogen (secondary N) is 3. The van der Waals surface area contributed by atoms with Crippen LogP contribution >= 0.6 is 12.4 Å². The van der Waals surface area contributed by atoms with E-state index in [4.69, 9.17) is 11.1 Å². The van der Waals surface area contributed by atoms with Crippen LogP contribution in [0.4, 0.5) is 0 Å². The van der Waals surface area contributed by atoms with Gasteiger partial charge in [-0.05, 0) is 6.42 Å². The Morgan fingerprint density at radius 1 is 1.43 bits per heavy atom. The van der Waals surface area contributed by atoms with Crippen LogP contribution in [0.25, 0.3) is 0 Å². The second-order valence-electron chi connectivity index (χ2n) is 2.74. The zero-order valence-corrected chi connectivity index (χ0v) is 9.58. The normalized spacial score (nSPS) is 10.3. The largest absolute Gasteiger partial charge is 0.370 e. The molecule has 0 fully saturated rings. The molecule has 0 saturated carbocycles. The van der Waals surface area contributed by atoms with Crippen molar-refractivity contribution >= 4 is 24.3 Å². The van der Waals surface area contributed by atoms with Crippen LogP contribution in [0.2, 0.25) is 0 Å². The van der Waals surface area contributed by atoms with E-state index in [-0.39, 0.29) is 18.4 Å². The van der Waals surface area contributed by atoms with Crippen molar-refractivity contribution in [1.29, 1.82) is 5.41 Å². The molecule has 14 heavy (non-hydrogen) atoms. The van der Waals surface area contributed by atoms with Crippen LogP contribution in [0.3, 0.4) is 0 Å². The van der Waals surface area contributed by atoms with Crippen LogP contribution in [-0.2, 0) is 0 Å². The van der Waals surface area contributed by atoms with Gasteiger partial charge in [0.05, 0.1) is 0 Å². The van der Waals surface area contributed by atoms with Crippen LogP contribution in [0.1, 0.15) is 26.2 Å². The minimum absolute atomic E-state index is 0. The van der Waals surface area contributed by atoms with Crippen molar-refractivity contribution in [1.82, 2.24) is 10.6 Å². The molecule has 0 heterocycles. The summed E-state index contributed by atoms with van der Waals surface area (Å²) in [6, 6.07) is 0. The van der Waals surface area contributed by atoms with E-state index < -0.39 is 0 Å². The molecule has 0 amide bonds. The third-order valence-electron chi connectivity index (χ3n) is 1.55. The summed E-state index contributed by atoms with van der Waals surface area (Å²) >= 11 is 0. The van der Waals surface area contributed by atoms with Crippen LogP contribution in [0.15, 0.2) is 4.99 Å². The van der Waals surface area contributed by atoms with E-state index in [9.17, 15) is 0 Å². The van der Waals surface area contributed by atoms with E-state index in [1.165, 1.54) is 12.8 Å². The highest BCUT2D eigenvalue weighted by molar-refractivity contribution is 5.96. The Morgan fingerprint density at radius 2 is 2.07 bits per heavy atom. The molecule has 84 valence electrons. The maximum Gasteiger partial charge on any atom is 0.197 e. The standard InChI is InChI=1S/C8H19N5.ClH/c1-3-4-5-6-12-8(11-2)13-7(9)10;/h3-6H2,1-2H3,(H5,9,10,11,12,13);1H. The quantitative estimate of drug-likeness (QED) is 0.320. The van der Waals surface area contributed by atoms with Crippen molar-refractivity contribution in [2.45, 2.75) is 26.2 Å². The highest BCUT2D eigenvalue weighted by atomic mass is 35.5. The molecule has 0 aliphatic heterocycles. The summed E-state index contributed by atoms with van der Waals surface area (Å²) in [5.74, 6) is 0.465. The van der Waals surface area contributed by atoms with Gasteiger partial charge in [-0.2, -0.15) is 0 Å². The van der Waals surface area contributed by atoms with Crippen molar-refractivity contribution in [3.63, 3.8) is 0 Å². The maximum atomic E-state index is 6.99. The molecule has 0 aromatic carbocycles. The molecule has 0 aromatic rings. The van der Waals surface area contributed by atoms with Gasteiger partial charge in [0.1, 0.15) is 0 Å². The Labute approximate surface area is 91.5 Å². The number of aliphatic imine (C=N–C) groups is 1. The molecule has 5 N–H and O–H groups in total. The highest BCUT2D eigenvalue weighted by Gasteiger charge is 1.96. The first kappa shape index (κ1) is 15.5. The van der Waals surface area contributed by atoms with E-state index in [1.807, 2.05) is 0 Å². The van der Waals surface area contributed by atoms with E-state index in [0.29, 0.717) is 5.96 Å². The molecule has 0 aromatic heterocycles. The van der Waals surface area contributed by atoms with Gasteiger partial charge in [-0.3, -0.25) is 15.7 Å². The zero-order valence-electron chi connectivity index (χ0n) is 8.76. The van der Waals surface area contributed by atoms with Crippen molar-refractivity contribution in [2.75, 3.05) is 13.6 Å². The minimum atomic E-state index is -0.0939. The molecule has 0 spiro atoms. The van der Waals surface area contributed by atoms with Gasteiger partial charge in [-0.15, -0.1) is 12.4 Å². The average Bonchev–Trinajstić information content (AvgIpc) is 2.09. The van der Waals surface area contributed by atoms with Gasteiger partial charge in [-0.1, -0.05) is 19.8 Å². The van der Waals surface area contributed by atoms with Crippen LogP contribution in [0.5, 0.6) is 0 Å². The molecular weight excluding hydrogens is 202 g/mol. The number of nitrogens with two attached hydrogens (primary N) is 1. The lowest BCUT2D eigenvalue weighted by molar-refractivity contribution is 0.690. The third kappa shape index (κ3) is 9.12. The van der Waals surface area contributed by atoms with Gasteiger partial charge in [0, 0.05) is 13.6 Å². The molecule has 0 aliphatic carbocycles. The fourth-order valence-electron chi connectivity index (χ4n) is 0.889. The van der Waals surface area contributed by atoms with Crippen LogP contribution in [0, 0.1) is 5.41 Å². The summed E-state index contributed by atoms with van der Waals surface area (Å²) in [7, 11) is 1.65. The SMILES string of the molecule is CCCCCNC(=NC)NC(=N)N.Cl. The number of hydrogen-bond acceptors (Lipinski definition) is 2.